The molecule has 0 aliphatic heterocycles. The van der Waals surface area contributed by atoms with E-state index in [9.17, 15) is 9.18 Å². The van der Waals surface area contributed by atoms with Crippen molar-refractivity contribution in [1.82, 2.24) is 24.5 Å². The molecule has 186 valence electrons. The minimum atomic E-state index is -0.773. The number of aromatic nitrogens is 5. The largest absolute Gasteiger partial charge is 0.400 e. The number of pyridine rings is 1. The number of imidazole rings is 1. The Bertz CT molecular complexity index is 1390. The molecule has 3 heterocycles. The molecule has 0 saturated carbocycles. The predicted molar refractivity (Wildman–Crippen MR) is 136 cm³/mol. The molecule has 4 aromatic rings. The van der Waals surface area contributed by atoms with Crippen molar-refractivity contribution in [2.45, 2.75) is 53.2 Å². The molecular weight excluding hydrogens is 492 g/mol. The highest BCUT2D eigenvalue weighted by atomic mass is 35.5. The van der Waals surface area contributed by atoms with Gasteiger partial charge in [-0.25, -0.2) is 14.2 Å². The Kier molecular flexibility index (Phi) is 7.52. The second-order valence-electron chi connectivity index (χ2n) is 8.95. The minimum absolute atomic E-state index is 0.130. The first-order valence-corrected chi connectivity index (χ1v) is 12.4. The van der Waals surface area contributed by atoms with Crippen LogP contribution in [0.1, 0.15) is 52.2 Å². The van der Waals surface area contributed by atoms with Crippen LogP contribution < -0.4 is 10.5 Å². The molecule has 1 N–H and O–H groups in total. The van der Waals surface area contributed by atoms with Gasteiger partial charge in [0.15, 0.2) is 11.8 Å². The van der Waals surface area contributed by atoms with Crippen LogP contribution in [0.5, 0.6) is 0 Å². The van der Waals surface area contributed by atoms with Gasteiger partial charge >= 0.3 is 5.69 Å². The van der Waals surface area contributed by atoms with E-state index in [1.807, 2.05) is 24.7 Å². The highest BCUT2D eigenvalue weighted by Crippen LogP contribution is 2.37. The van der Waals surface area contributed by atoms with Crippen molar-refractivity contribution in [2.75, 3.05) is 0 Å². The maximum atomic E-state index is 14.2. The van der Waals surface area contributed by atoms with Gasteiger partial charge in [-0.1, -0.05) is 63.7 Å². The van der Waals surface area contributed by atoms with E-state index in [2.05, 4.69) is 28.9 Å². The van der Waals surface area contributed by atoms with Crippen molar-refractivity contribution >= 4 is 34.4 Å². The van der Waals surface area contributed by atoms with Crippen LogP contribution in [0.4, 0.5) is 4.39 Å². The molecule has 4 rings (SSSR count). The van der Waals surface area contributed by atoms with Crippen molar-refractivity contribution < 1.29 is 9.23 Å². The summed E-state index contributed by atoms with van der Waals surface area (Å²) in [4.78, 5) is 26.2. The summed E-state index contributed by atoms with van der Waals surface area (Å²) in [5, 5.41) is 4.59. The average molecular weight is 520 g/mol. The summed E-state index contributed by atoms with van der Waals surface area (Å²) in [7, 11) is 0. The van der Waals surface area contributed by atoms with Gasteiger partial charge in [-0.05, 0) is 36.1 Å². The number of H-pyrrole nitrogens is 1. The zero-order valence-electron chi connectivity index (χ0n) is 20.1. The number of hydrogen-bond acceptors (Lipinski definition) is 4. The Hall–Kier alpha value is -2.84. The third-order valence-corrected chi connectivity index (χ3v) is 6.93. The third kappa shape index (κ3) is 5.09. The molecule has 0 aliphatic rings. The van der Waals surface area contributed by atoms with Crippen LogP contribution in [-0.4, -0.2) is 24.5 Å². The van der Waals surface area contributed by atoms with Crippen LogP contribution in [0.3, 0.4) is 0 Å². The van der Waals surface area contributed by atoms with Gasteiger partial charge in [0.2, 0.25) is 0 Å². The molecule has 1 atom stereocenters. The molecule has 35 heavy (non-hydrogen) atoms. The Labute approximate surface area is 212 Å². The van der Waals surface area contributed by atoms with Crippen LogP contribution in [0.2, 0.25) is 10.0 Å². The van der Waals surface area contributed by atoms with E-state index in [0.29, 0.717) is 28.3 Å². The first kappa shape index (κ1) is 25.3. The van der Waals surface area contributed by atoms with Crippen molar-refractivity contribution in [3.8, 4) is 11.3 Å². The molecule has 0 amide bonds. The first-order valence-electron chi connectivity index (χ1n) is 11.7. The molecule has 7 nitrogen and oxygen atoms in total. The van der Waals surface area contributed by atoms with E-state index in [-0.39, 0.29) is 16.0 Å². The number of fused-ring (bicyclic) bond motifs is 1. The summed E-state index contributed by atoms with van der Waals surface area (Å²) >= 11 is 12.6. The fourth-order valence-electron chi connectivity index (χ4n) is 4.07. The maximum absolute atomic E-state index is 14.2. The SMILES string of the molecule is CCC(CC)Cn1cc(-c2ccc3c(n2)[nH]c(=O)n3OC(c2c(Cl)ccc(F)c2Cl)C(C)C)cn1. The zero-order valence-corrected chi connectivity index (χ0v) is 21.6. The fourth-order valence-corrected chi connectivity index (χ4v) is 4.65. The summed E-state index contributed by atoms with van der Waals surface area (Å²) in [5.74, 6) is -0.214. The molecule has 1 aromatic carbocycles. The van der Waals surface area contributed by atoms with Crippen molar-refractivity contribution in [3.05, 3.63) is 68.6 Å². The quantitative estimate of drug-likeness (QED) is 0.263. The van der Waals surface area contributed by atoms with Crippen LogP contribution in [0.25, 0.3) is 22.4 Å². The first-order chi connectivity index (χ1) is 16.7. The number of halogens is 3. The van der Waals surface area contributed by atoms with Gasteiger partial charge in [-0.15, -0.1) is 4.73 Å². The van der Waals surface area contributed by atoms with Crippen LogP contribution >= 0.6 is 23.2 Å². The van der Waals surface area contributed by atoms with Gasteiger partial charge < -0.3 is 4.84 Å². The normalized spacial score (nSPS) is 12.7. The van der Waals surface area contributed by atoms with Gasteiger partial charge in [-0.2, -0.15) is 5.10 Å². The highest BCUT2D eigenvalue weighted by Gasteiger charge is 2.27. The van der Waals surface area contributed by atoms with Crippen molar-refractivity contribution in [2.24, 2.45) is 11.8 Å². The molecular formula is C25H28Cl2FN5O2. The lowest BCUT2D eigenvalue weighted by atomic mass is 9.99. The van der Waals surface area contributed by atoms with Crippen LogP contribution in [0.15, 0.2) is 41.5 Å². The number of aromatic amines is 1. The number of nitrogens with one attached hydrogen (secondary N) is 1. The standard InChI is InChI=1S/C25H28Cl2FN5O2/c1-5-15(6-2)12-32-13-16(11-29-32)19-9-10-20-24(30-19)31-25(34)33(20)35-23(14(3)4)21-17(26)7-8-18(28)22(21)27/h7-11,13-15,23H,5-6,12H2,1-4H3,(H,30,31,34). The summed E-state index contributed by atoms with van der Waals surface area (Å²) in [5.41, 5.74) is 2.11. The second-order valence-corrected chi connectivity index (χ2v) is 9.73. The molecule has 0 spiro atoms. The van der Waals surface area contributed by atoms with E-state index >= 15 is 0 Å². The summed E-state index contributed by atoms with van der Waals surface area (Å²) in [6, 6.07) is 6.17. The smallest absolute Gasteiger partial charge is 0.360 e. The number of benzene rings is 1. The molecule has 0 saturated heterocycles. The number of nitrogens with zero attached hydrogens (tertiary/aromatic N) is 4. The van der Waals surface area contributed by atoms with Gasteiger partial charge in [-0.3, -0.25) is 9.67 Å². The van der Waals surface area contributed by atoms with Gasteiger partial charge in [0, 0.05) is 28.9 Å². The van der Waals surface area contributed by atoms with Gasteiger partial charge in [0.05, 0.1) is 16.9 Å². The molecule has 0 radical (unpaired) electrons. The minimum Gasteiger partial charge on any atom is -0.400 e. The van der Waals surface area contributed by atoms with Gasteiger partial charge in [0.25, 0.3) is 0 Å². The van der Waals surface area contributed by atoms with Crippen molar-refractivity contribution in [1.29, 1.82) is 0 Å². The summed E-state index contributed by atoms with van der Waals surface area (Å²) in [6.07, 6.45) is 5.14. The van der Waals surface area contributed by atoms with E-state index in [4.69, 9.17) is 28.0 Å². The molecule has 0 fully saturated rings. The van der Waals surface area contributed by atoms with E-state index in [0.717, 1.165) is 29.7 Å². The molecule has 10 heteroatoms. The lowest BCUT2D eigenvalue weighted by Gasteiger charge is -2.24. The molecule has 0 aliphatic carbocycles. The Morgan fingerprint density at radius 3 is 2.57 bits per heavy atom. The lowest BCUT2D eigenvalue weighted by Crippen LogP contribution is -2.30. The highest BCUT2D eigenvalue weighted by molar-refractivity contribution is 6.36. The van der Waals surface area contributed by atoms with Gasteiger partial charge in [0.1, 0.15) is 11.3 Å². The lowest BCUT2D eigenvalue weighted by molar-refractivity contribution is 0.00879. The van der Waals surface area contributed by atoms with Crippen LogP contribution in [0, 0.1) is 17.7 Å². The summed E-state index contributed by atoms with van der Waals surface area (Å²) in [6.45, 7) is 8.95. The number of rotatable bonds is 9. The number of hydrogen-bond donors (Lipinski definition) is 1. The third-order valence-electron chi connectivity index (χ3n) is 6.22. The topological polar surface area (TPSA) is 77.7 Å². The second kappa shape index (κ2) is 10.4. The van der Waals surface area contributed by atoms with E-state index in [1.165, 1.54) is 12.1 Å². The fraction of sp³-hybridized carbons (Fsp3) is 0.400. The Morgan fingerprint density at radius 2 is 1.89 bits per heavy atom. The average Bonchev–Trinajstić information content (AvgIpc) is 3.42. The Morgan fingerprint density at radius 1 is 1.14 bits per heavy atom. The monoisotopic (exact) mass is 519 g/mol. The summed E-state index contributed by atoms with van der Waals surface area (Å²) < 4.78 is 17.2. The predicted octanol–water partition coefficient (Wildman–Crippen LogP) is 6.30. The maximum Gasteiger partial charge on any atom is 0.360 e. The Balaban J connectivity index is 1.67. The molecule has 1 unspecified atom stereocenters. The molecule has 3 aromatic heterocycles. The zero-order chi connectivity index (χ0) is 25.3. The van der Waals surface area contributed by atoms with E-state index < -0.39 is 17.6 Å². The van der Waals surface area contributed by atoms with Crippen molar-refractivity contribution in [3.63, 3.8) is 0 Å². The van der Waals surface area contributed by atoms with Crippen LogP contribution in [-0.2, 0) is 6.54 Å². The molecule has 0 bridgehead atoms. The van der Waals surface area contributed by atoms with E-state index in [1.54, 1.807) is 18.3 Å².